The molecule has 94 valence electrons. The number of aromatic nitrogens is 2. The van der Waals surface area contributed by atoms with Crippen LogP contribution in [0.5, 0.6) is 0 Å². The Morgan fingerprint density at radius 2 is 2.11 bits per heavy atom. The summed E-state index contributed by atoms with van der Waals surface area (Å²) in [6.45, 7) is 5.36. The predicted molar refractivity (Wildman–Crippen MR) is 74.7 cm³/mol. The van der Waals surface area contributed by atoms with Crippen molar-refractivity contribution in [1.29, 1.82) is 0 Å². The van der Waals surface area contributed by atoms with Gasteiger partial charge in [-0.1, -0.05) is 12.2 Å². The van der Waals surface area contributed by atoms with Gasteiger partial charge in [0, 0.05) is 29.7 Å². The molecule has 0 bridgehead atoms. The minimum atomic E-state index is 0.663. The average Bonchev–Trinajstić information content (AvgIpc) is 2.39. The zero-order valence-corrected chi connectivity index (χ0v) is 11.1. The van der Waals surface area contributed by atoms with Crippen molar-refractivity contribution in [2.45, 2.75) is 6.92 Å². The van der Waals surface area contributed by atoms with Crippen molar-refractivity contribution in [3.8, 4) is 0 Å². The molecule has 0 saturated carbocycles. The van der Waals surface area contributed by atoms with Gasteiger partial charge in [-0.25, -0.2) is 4.98 Å². The van der Waals surface area contributed by atoms with E-state index in [1.165, 1.54) is 5.69 Å². The van der Waals surface area contributed by atoms with E-state index >= 15 is 0 Å². The Hall–Kier alpha value is -1.46. The third-order valence-corrected chi connectivity index (χ3v) is 3.51. The first-order chi connectivity index (χ1) is 8.74. The van der Waals surface area contributed by atoms with Gasteiger partial charge in [0.25, 0.3) is 0 Å². The summed E-state index contributed by atoms with van der Waals surface area (Å²) in [6.07, 6.45) is 0. The van der Waals surface area contributed by atoms with Crippen LogP contribution in [0.4, 0.5) is 5.69 Å². The van der Waals surface area contributed by atoms with Crippen LogP contribution in [0, 0.1) is 11.6 Å². The van der Waals surface area contributed by atoms with Crippen LogP contribution in [0.2, 0.25) is 0 Å². The van der Waals surface area contributed by atoms with E-state index in [0.29, 0.717) is 4.64 Å². The van der Waals surface area contributed by atoms with E-state index in [0.717, 1.165) is 43.0 Å². The van der Waals surface area contributed by atoms with Crippen molar-refractivity contribution < 1.29 is 4.74 Å². The van der Waals surface area contributed by atoms with Gasteiger partial charge in [0.05, 0.1) is 13.2 Å². The van der Waals surface area contributed by atoms with E-state index in [9.17, 15) is 0 Å². The summed E-state index contributed by atoms with van der Waals surface area (Å²) in [5, 5.41) is 1.01. The number of hydrogen-bond donors (Lipinski definition) is 1. The molecule has 1 aliphatic rings. The number of morpholine rings is 1. The number of ether oxygens (including phenoxy) is 1. The summed E-state index contributed by atoms with van der Waals surface area (Å²) < 4.78 is 6.03. The molecule has 1 aromatic carbocycles. The Balaban J connectivity index is 2.07. The number of H-pyrrole nitrogens is 1. The molecule has 1 N–H and O–H groups in total. The lowest BCUT2D eigenvalue weighted by atomic mass is 10.2. The number of nitrogens with zero attached hydrogens (tertiary/aromatic N) is 2. The Kier molecular flexibility index (Phi) is 3.01. The first kappa shape index (κ1) is 11.6. The highest BCUT2D eigenvalue weighted by atomic mass is 32.1. The number of anilines is 1. The van der Waals surface area contributed by atoms with Gasteiger partial charge in [-0.3, -0.25) is 0 Å². The summed E-state index contributed by atoms with van der Waals surface area (Å²) in [5.74, 6) is 0.853. The molecule has 5 heteroatoms. The molecule has 4 nitrogen and oxygen atoms in total. The summed E-state index contributed by atoms with van der Waals surface area (Å²) in [7, 11) is 0. The van der Waals surface area contributed by atoms with Crippen molar-refractivity contribution in [1.82, 2.24) is 9.97 Å². The normalized spacial score (nSPS) is 16.2. The zero-order valence-electron chi connectivity index (χ0n) is 10.3. The SMILES string of the molecule is Cc1nc(=S)c2cc(N3CCOCC3)ccc2[nH]1. The second-order valence-electron chi connectivity index (χ2n) is 4.46. The minimum Gasteiger partial charge on any atom is -0.378 e. The standard InChI is InChI=1S/C13H15N3OS/c1-9-14-12-3-2-10(8-11(12)13(18)15-9)16-4-6-17-7-5-16/h2-3,8H,4-7H2,1H3,(H,14,15,18). The Labute approximate surface area is 111 Å². The van der Waals surface area contributed by atoms with Crippen LogP contribution in [0.15, 0.2) is 18.2 Å². The molecule has 18 heavy (non-hydrogen) atoms. The van der Waals surface area contributed by atoms with Crippen LogP contribution in [0.1, 0.15) is 5.82 Å². The number of fused-ring (bicyclic) bond motifs is 1. The van der Waals surface area contributed by atoms with Crippen molar-refractivity contribution in [2.24, 2.45) is 0 Å². The highest BCUT2D eigenvalue weighted by Crippen LogP contribution is 2.22. The van der Waals surface area contributed by atoms with Gasteiger partial charge in [-0.2, -0.15) is 0 Å². The van der Waals surface area contributed by atoms with Gasteiger partial charge in [0.15, 0.2) is 0 Å². The fourth-order valence-electron chi connectivity index (χ4n) is 2.27. The molecule has 0 atom stereocenters. The lowest BCUT2D eigenvalue weighted by Gasteiger charge is -2.29. The Bertz CT molecular complexity index is 632. The molecule has 3 rings (SSSR count). The molecule has 1 saturated heterocycles. The number of hydrogen-bond acceptors (Lipinski definition) is 4. The molecular weight excluding hydrogens is 246 g/mol. The van der Waals surface area contributed by atoms with Crippen molar-refractivity contribution in [2.75, 3.05) is 31.2 Å². The molecule has 2 heterocycles. The minimum absolute atomic E-state index is 0.663. The van der Waals surface area contributed by atoms with Crippen molar-refractivity contribution in [3.05, 3.63) is 28.7 Å². The summed E-state index contributed by atoms with van der Waals surface area (Å²) in [5.41, 5.74) is 2.24. The van der Waals surface area contributed by atoms with Crippen LogP contribution in [-0.4, -0.2) is 36.3 Å². The highest BCUT2D eigenvalue weighted by Gasteiger charge is 2.11. The lowest BCUT2D eigenvalue weighted by molar-refractivity contribution is 0.122. The van der Waals surface area contributed by atoms with Gasteiger partial charge in [-0.15, -0.1) is 0 Å². The topological polar surface area (TPSA) is 41.2 Å². The number of benzene rings is 1. The van der Waals surface area contributed by atoms with E-state index < -0.39 is 0 Å². The first-order valence-electron chi connectivity index (χ1n) is 6.07. The third-order valence-electron chi connectivity index (χ3n) is 3.19. The van der Waals surface area contributed by atoms with E-state index in [1.807, 2.05) is 6.92 Å². The molecule has 1 aromatic heterocycles. The van der Waals surface area contributed by atoms with Gasteiger partial charge < -0.3 is 14.6 Å². The molecule has 0 radical (unpaired) electrons. The number of aryl methyl sites for hydroxylation is 1. The molecule has 1 fully saturated rings. The molecule has 0 aliphatic carbocycles. The smallest absolute Gasteiger partial charge is 0.137 e. The van der Waals surface area contributed by atoms with E-state index in [-0.39, 0.29) is 0 Å². The third kappa shape index (κ3) is 2.11. The van der Waals surface area contributed by atoms with Gasteiger partial charge in [-0.05, 0) is 25.1 Å². The molecule has 0 amide bonds. The van der Waals surface area contributed by atoms with Crippen molar-refractivity contribution >= 4 is 28.8 Å². The first-order valence-corrected chi connectivity index (χ1v) is 6.48. The maximum atomic E-state index is 5.37. The monoisotopic (exact) mass is 261 g/mol. The molecule has 2 aromatic rings. The lowest BCUT2D eigenvalue weighted by Crippen LogP contribution is -2.36. The van der Waals surface area contributed by atoms with Gasteiger partial charge in [0.1, 0.15) is 10.5 Å². The Morgan fingerprint density at radius 1 is 1.33 bits per heavy atom. The summed E-state index contributed by atoms with van der Waals surface area (Å²) >= 11 is 5.33. The molecular formula is C13H15N3OS. The van der Waals surface area contributed by atoms with Gasteiger partial charge >= 0.3 is 0 Å². The van der Waals surface area contributed by atoms with Crippen LogP contribution in [-0.2, 0) is 4.74 Å². The van der Waals surface area contributed by atoms with E-state index in [4.69, 9.17) is 17.0 Å². The maximum absolute atomic E-state index is 5.37. The number of nitrogens with one attached hydrogen (secondary N) is 1. The number of rotatable bonds is 1. The summed E-state index contributed by atoms with van der Waals surface area (Å²) in [4.78, 5) is 9.86. The second-order valence-corrected chi connectivity index (χ2v) is 4.84. The fourth-order valence-corrected chi connectivity index (χ4v) is 2.58. The van der Waals surface area contributed by atoms with E-state index in [1.54, 1.807) is 0 Å². The Morgan fingerprint density at radius 3 is 2.89 bits per heavy atom. The van der Waals surface area contributed by atoms with E-state index in [2.05, 4.69) is 33.1 Å². The maximum Gasteiger partial charge on any atom is 0.137 e. The molecule has 1 aliphatic heterocycles. The van der Waals surface area contributed by atoms with Gasteiger partial charge in [0.2, 0.25) is 0 Å². The zero-order chi connectivity index (χ0) is 12.5. The molecule has 0 spiro atoms. The highest BCUT2D eigenvalue weighted by molar-refractivity contribution is 7.71. The van der Waals surface area contributed by atoms with Crippen molar-refractivity contribution in [3.63, 3.8) is 0 Å². The summed E-state index contributed by atoms with van der Waals surface area (Å²) in [6, 6.07) is 6.31. The predicted octanol–water partition coefficient (Wildman–Crippen LogP) is 2.44. The van der Waals surface area contributed by atoms with Crippen LogP contribution < -0.4 is 4.90 Å². The van der Waals surface area contributed by atoms with Crippen LogP contribution >= 0.6 is 12.2 Å². The quantitative estimate of drug-likeness (QED) is 0.801. The van der Waals surface area contributed by atoms with Crippen LogP contribution in [0.25, 0.3) is 10.9 Å². The molecule has 0 unspecified atom stereocenters. The average molecular weight is 261 g/mol. The second kappa shape index (κ2) is 4.66. The fraction of sp³-hybridized carbons (Fsp3) is 0.385. The van der Waals surface area contributed by atoms with Crippen LogP contribution in [0.3, 0.4) is 0 Å². The number of aromatic amines is 1. The largest absolute Gasteiger partial charge is 0.378 e.